The van der Waals surface area contributed by atoms with Crippen molar-refractivity contribution in [1.82, 2.24) is 15.3 Å². The third-order valence-corrected chi connectivity index (χ3v) is 2.70. The first-order chi connectivity index (χ1) is 7.56. The maximum atomic E-state index is 10.3. The van der Waals surface area contributed by atoms with E-state index in [1.165, 1.54) is 0 Å². The van der Waals surface area contributed by atoms with Crippen LogP contribution >= 0.6 is 23.2 Å². The summed E-state index contributed by atoms with van der Waals surface area (Å²) in [6, 6.07) is 3.27. The number of hydrogen-bond acceptors (Lipinski definition) is 2. The lowest BCUT2D eigenvalue weighted by Gasteiger charge is -1.94. The van der Waals surface area contributed by atoms with Gasteiger partial charge in [0.2, 0.25) is 0 Å². The van der Waals surface area contributed by atoms with Crippen LogP contribution in [0.5, 0.6) is 0 Å². The zero-order chi connectivity index (χ0) is 11.7. The van der Waals surface area contributed by atoms with Crippen molar-refractivity contribution >= 4 is 40.3 Å². The van der Waals surface area contributed by atoms with Gasteiger partial charge in [-0.05, 0) is 12.1 Å². The van der Waals surface area contributed by atoms with Gasteiger partial charge in [0, 0.05) is 0 Å². The molecule has 0 aliphatic rings. The monoisotopic (exact) mass is 259 g/mol. The van der Waals surface area contributed by atoms with Crippen molar-refractivity contribution in [3.05, 3.63) is 28.0 Å². The van der Waals surface area contributed by atoms with E-state index < -0.39 is 6.09 Å². The molecule has 16 heavy (non-hydrogen) atoms. The van der Waals surface area contributed by atoms with Gasteiger partial charge in [0.1, 0.15) is 5.82 Å². The highest BCUT2D eigenvalue weighted by Gasteiger charge is 2.07. The molecule has 1 amide bonds. The molecule has 1 aromatic heterocycles. The molecule has 0 saturated heterocycles. The molecule has 0 saturated carbocycles. The summed E-state index contributed by atoms with van der Waals surface area (Å²) in [4.78, 5) is 17.4. The van der Waals surface area contributed by atoms with Gasteiger partial charge in [0.15, 0.2) is 0 Å². The van der Waals surface area contributed by atoms with E-state index in [9.17, 15) is 4.79 Å². The number of halogens is 2. The van der Waals surface area contributed by atoms with E-state index >= 15 is 0 Å². The van der Waals surface area contributed by atoms with E-state index in [1.807, 2.05) is 0 Å². The minimum atomic E-state index is -1.10. The minimum absolute atomic E-state index is 0.110. The van der Waals surface area contributed by atoms with Crippen LogP contribution in [0.4, 0.5) is 4.79 Å². The topological polar surface area (TPSA) is 78.0 Å². The quantitative estimate of drug-likeness (QED) is 0.776. The fourth-order valence-electron chi connectivity index (χ4n) is 1.30. The van der Waals surface area contributed by atoms with Gasteiger partial charge in [0.25, 0.3) is 0 Å². The van der Waals surface area contributed by atoms with Gasteiger partial charge in [-0.2, -0.15) is 0 Å². The Balaban J connectivity index is 2.33. The summed E-state index contributed by atoms with van der Waals surface area (Å²) < 4.78 is 0. The lowest BCUT2D eigenvalue weighted by atomic mass is 10.3. The molecule has 2 rings (SSSR count). The molecule has 1 heterocycles. The van der Waals surface area contributed by atoms with E-state index in [4.69, 9.17) is 28.3 Å². The number of aromatic nitrogens is 2. The van der Waals surface area contributed by atoms with Crippen molar-refractivity contribution in [2.24, 2.45) is 0 Å². The molecule has 0 unspecified atom stereocenters. The molecule has 0 fully saturated rings. The molecule has 0 aliphatic heterocycles. The summed E-state index contributed by atoms with van der Waals surface area (Å²) in [6.07, 6.45) is -1.10. The van der Waals surface area contributed by atoms with E-state index in [0.29, 0.717) is 21.4 Å². The van der Waals surface area contributed by atoms with Crippen LogP contribution in [-0.2, 0) is 6.54 Å². The Morgan fingerprint density at radius 3 is 2.81 bits per heavy atom. The second-order valence-electron chi connectivity index (χ2n) is 3.13. The second-order valence-corrected chi connectivity index (χ2v) is 3.94. The molecule has 5 nitrogen and oxygen atoms in total. The highest BCUT2D eigenvalue weighted by molar-refractivity contribution is 6.42. The minimum Gasteiger partial charge on any atom is -0.465 e. The van der Waals surface area contributed by atoms with E-state index in [2.05, 4.69) is 15.3 Å². The van der Waals surface area contributed by atoms with Crippen LogP contribution in [0.2, 0.25) is 10.0 Å². The number of imidazole rings is 1. The Hall–Kier alpha value is -1.46. The summed E-state index contributed by atoms with van der Waals surface area (Å²) in [5.41, 5.74) is 1.37. The first kappa shape index (κ1) is 11.0. The largest absolute Gasteiger partial charge is 0.465 e. The zero-order valence-electron chi connectivity index (χ0n) is 7.92. The van der Waals surface area contributed by atoms with E-state index in [-0.39, 0.29) is 6.54 Å². The number of nitrogens with one attached hydrogen (secondary N) is 2. The third-order valence-electron chi connectivity index (χ3n) is 1.98. The van der Waals surface area contributed by atoms with Crippen LogP contribution in [0, 0.1) is 0 Å². The fourth-order valence-corrected chi connectivity index (χ4v) is 1.62. The average Bonchev–Trinajstić information content (AvgIpc) is 2.58. The number of carbonyl (C=O) groups is 1. The highest BCUT2D eigenvalue weighted by Crippen LogP contribution is 2.26. The first-order valence-electron chi connectivity index (χ1n) is 4.36. The van der Waals surface area contributed by atoms with Gasteiger partial charge in [-0.1, -0.05) is 23.2 Å². The summed E-state index contributed by atoms with van der Waals surface area (Å²) in [6.45, 7) is 0.110. The molecule has 2 aromatic rings. The van der Waals surface area contributed by atoms with Crippen LogP contribution < -0.4 is 5.32 Å². The first-order valence-corrected chi connectivity index (χ1v) is 5.12. The summed E-state index contributed by atoms with van der Waals surface area (Å²) in [5, 5.41) is 11.5. The van der Waals surface area contributed by atoms with Crippen molar-refractivity contribution in [2.45, 2.75) is 6.54 Å². The maximum Gasteiger partial charge on any atom is 0.405 e. The van der Waals surface area contributed by atoms with Crippen LogP contribution in [0.1, 0.15) is 5.82 Å². The van der Waals surface area contributed by atoms with Gasteiger partial charge in [-0.15, -0.1) is 0 Å². The van der Waals surface area contributed by atoms with Crippen LogP contribution in [0.3, 0.4) is 0 Å². The van der Waals surface area contributed by atoms with Gasteiger partial charge in [-0.3, -0.25) is 0 Å². The number of aromatic amines is 1. The fraction of sp³-hybridized carbons (Fsp3) is 0.111. The number of nitrogens with zero attached hydrogens (tertiary/aromatic N) is 1. The highest BCUT2D eigenvalue weighted by atomic mass is 35.5. The Morgan fingerprint density at radius 2 is 2.12 bits per heavy atom. The normalized spacial score (nSPS) is 10.6. The Labute approximate surface area is 100 Å². The molecule has 0 radical (unpaired) electrons. The molecule has 0 spiro atoms. The number of amides is 1. The van der Waals surface area contributed by atoms with Crippen molar-refractivity contribution in [1.29, 1.82) is 0 Å². The summed E-state index contributed by atoms with van der Waals surface area (Å²) in [7, 11) is 0. The van der Waals surface area contributed by atoms with Gasteiger partial charge < -0.3 is 15.4 Å². The maximum absolute atomic E-state index is 10.3. The Bertz CT molecular complexity index is 514. The SMILES string of the molecule is O=C(O)NCc1nc2cc(Cl)c(Cl)cc2[nH]1. The number of carboxylic acid groups (broad SMARTS) is 1. The van der Waals surface area contributed by atoms with E-state index in [1.54, 1.807) is 12.1 Å². The molecule has 0 atom stereocenters. The Morgan fingerprint density at radius 1 is 1.44 bits per heavy atom. The molecule has 0 bridgehead atoms. The molecule has 84 valence electrons. The number of fused-ring (bicyclic) bond motifs is 1. The molecule has 1 aromatic carbocycles. The van der Waals surface area contributed by atoms with Crippen LogP contribution in [0.25, 0.3) is 11.0 Å². The van der Waals surface area contributed by atoms with Crippen molar-refractivity contribution < 1.29 is 9.90 Å². The zero-order valence-corrected chi connectivity index (χ0v) is 9.43. The predicted octanol–water partition coefficient (Wildman–Crippen LogP) is 2.64. The van der Waals surface area contributed by atoms with Crippen LogP contribution in [-0.4, -0.2) is 21.2 Å². The molecular weight excluding hydrogens is 253 g/mol. The lowest BCUT2D eigenvalue weighted by Crippen LogP contribution is -2.20. The number of benzene rings is 1. The standard InChI is InChI=1S/C9H7Cl2N3O2/c10-4-1-6-7(2-5(4)11)14-8(13-6)3-12-9(15)16/h1-2,12H,3H2,(H,13,14)(H,15,16). The number of rotatable bonds is 2. The third kappa shape index (κ3) is 2.20. The van der Waals surface area contributed by atoms with Gasteiger partial charge in [-0.25, -0.2) is 9.78 Å². The van der Waals surface area contributed by atoms with Crippen LogP contribution in [0.15, 0.2) is 12.1 Å². The lowest BCUT2D eigenvalue weighted by molar-refractivity contribution is 0.193. The average molecular weight is 260 g/mol. The summed E-state index contributed by atoms with van der Waals surface area (Å²) in [5.74, 6) is 0.510. The predicted molar refractivity (Wildman–Crippen MR) is 61.0 cm³/mol. The molecular formula is C9H7Cl2N3O2. The number of hydrogen-bond donors (Lipinski definition) is 3. The molecule has 7 heteroatoms. The van der Waals surface area contributed by atoms with Crippen molar-refractivity contribution in [3.8, 4) is 0 Å². The van der Waals surface area contributed by atoms with Gasteiger partial charge >= 0.3 is 6.09 Å². The Kier molecular flexibility index (Phi) is 2.89. The molecule has 3 N–H and O–H groups in total. The van der Waals surface area contributed by atoms with E-state index in [0.717, 1.165) is 5.52 Å². The van der Waals surface area contributed by atoms with Crippen molar-refractivity contribution in [2.75, 3.05) is 0 Å². The molecule has 0 aliphatic carbocycles. The van der Waals surface area contributed by atoms with Crippen molar-refractivity contribution in [3.63, 3.8) is 0 Å². The second kappa shape index (κ2) is 4.19. The number of H-pyrrole nitrogens is 1. The van der Waals surface area contributed by atoms with Gasteiger partial charge in [0.05, 0.1) is 27.6 Å². The summed E-state index contributed by atoms with van der Waals surface area (Å²) >= 11 is 11.7. The smallest absolute Gasteiger partial charge is 0.405 e.